The van der Waals surface area contributed by atoms with Crippen LogP contribution in [0.25, 0.3) is 123 Å². The molecule has 25 aromatic rings. The lowest BCUT2D eigenvalue weighted by atomic mass is 10.1. The molecule has 0 unspecified atom stereocenters. The number of para-hydroxylation sites is 12. The highest BCUT2D eigenvalue weighted by Gasteiger charge is 2.23. The maximum atomic E-state index is 11.6. The fourth-order valence-corrected chi connectivity index (χ4v) is 25.7. The average Bonchev–Trinajstić information content (AvgIpc) is 1.63. The second-order valence-corrected chi connectivity index (χ2v) is 44.9. The molecule has 25 rings (SSSR count). The van der Waals surface area contributed by atoms with Gasteiger partial charge in [-0.15, -0.1) is 45.3 Å². The molecule has 41 heteroatoms. The number of nitrogen functional groups attached to an aromatic ring is 1. The normalized spacial score (nSPS) is 11.2. The highest BCUT2D eigenvalue weighted by molar-refractivity contribution is 7.26. The van der Waals surface area contributed by atoms with Gasteiger partial charge in [-0.05, 0) is 226 Å². The number of amides is 1. The number of carbonyl (C=O) groups is 1. The Morgan fingerprint density at radius 1 is 0.297 bits per heavy atom. The number of aromatic nitrogens is 13. The van der Waals surface area contributed by atoms with E-state index in [4.69, 9.17) is 74.5 Å². The van der Waals surface area contributed by atoms with Gasteiger partial charge >= 0.3 is 0 Å². The molecular formula is C107H94N22O8S11. The lowest BCUT2D eigenvalue weighted by molar-refractivity contribution is 0.1000. The molecule has 0 fully saturated rings. The van der Waals surface area contributed by atoms with Gasteiger partial charge in [0.1, 0.15) is 95.4 Å². The topological polar surface area (TPSA) is 388 Å². The first-order valence-electron chi connectivity index (χ1n) is 46.6. The van der Waals surface area contributed by atoms with Crippen molar-refractivity contribution in [3.63, 3.8) is 0 Å². The first-order valence-corrected chi connectivity index (χ1v) is 55.6. The summed E-state index contributed by atoms with van der Waals surface area (Å²) in [5.41, 5.74) is 29.8. The largest absolute Gasteiger partial charge is 0.495 e. The number of aromatic amines is 1. The molecule has 0 saturated carbocycles. The number of nitrogens with two attached hydrogens (primary N) is 2. The summed E-state index contributed by atoms with van der Waals surface area (Å²) in [7, 11) is 4.98. The quantitative estimate of drug-likeness (QED) is 0.0241. The molecule has 0 spiro atoms. The zero-order valence-electron chi connectivity index (χ0n) is 81.5. The maximum Gasteiger partial charge on any atom is 0.248 e. The summed E-state index contributed by atoms with van der Waals surface area (Å²) in [5.74, 6) is 5.40. The average molecular weight is 2170 g/mol. The van der Waals surface area contributed by atoms with Crippen LogP contribution in [0.4, 0.5) is 81.7 Å². The number of benzene rings is 13. The molecule has 148 heavy (non-hydrogen) atoms. The van der Waals surface area contributed by atoms with Crippen LogP contribution in [-0.2, 0) is 0 Å². The smallest absolute Gasteiger partial charge is 0.248 e. The number of primary amides is 1. The first-order chi connectivity index (χ1) is 72.1. The number of anilines is 15. The second-order valence-electron chi connectivity index (χ2n) is 32.8. The van der Waals surface area contributed by atoms with E-state index in [0.717, 1.165) is 239 Å². The highest BCUT2D eigenvalue weighted by Crippen LogP contribution is 2.46. The Balaban J connectivity index is 0.000000108. The molecule has 0 aliphatic carbocycles. The summed E-state index contributed by atoms with van der Waals surface area (Å²) in [6, 6.07) is 77.1. The number of imidazole rings is 1. The SMILES string of the molecule is CCOc1ccccc1Nc1nc2c(ccc3sc(C)nc32)s1.CCOc1ccccc1Nc1nc2c(ccc3sc(Nc4ccccc4OCC)nc32)s1.COc1ccccc1Nc1nc2c(ccc3[nH]c(N)nc32)s1.COc1ccccc1Nc1nc2c(ccc3nc(C)sc32)s1.COc1ccccc1Nc1nc2c(ccc3sc(C)nc32)s1.Cc1nc2ccc3sc(Nc4cc(C(N)=O)ccc4OC(C)C)nc3c2s1. The number of aryl methyl sites for hydroxylation is 4. The van der Waals surface area contributed by atoms with Crippen LogP contribution in [0.5, 0.6) is 40.2 Å². The molecule has 746 valence electrons. The number of nitrogens with one attached hydrogen (secondary N) is 8. The fourth-order valence-electron chi connectivity index (χ4n) is 15.9. The Morgan fingerprint density at radius 3 is 0.892 bits per heavy atom. The molecule has 12 aromatic heterocycles. The molecule has 0 bridgehead atoms. The zero-order valence-corrected chi connectivity index (χ0v) is 90.5. The molecule has 0 aliphatic heterocycles. The molecule has 0 atom stereocenters. The van der Waals surface area contributed by atoms with Gasteiger partial charge in [-0.1, -0.05) is 152 Å². The van der Waals surface area contributed by atoms with E-state index in [1.54, 1.807) is 164 Å². The van der Waals surface area contributed by atoms with Crippen LogP contribution in [-0.4, -0.2) is 118 Å². The Bertz CT molecular complexity index is 8640. The van der Waals surface area contributed by atoms with E-state index in [1.807, 2.05) is 232 Å². The number of H-pyrrole nitrogens is 1. The van der Waals surface area contributed by atoms with Gasteiger partial charge in [-0.25, -0.2) is 59.8 Å². The predicted octanol–water partition coefficient (Wildman–Crippen LogP) is 30.8. The van der Waals surface area contributed by atoms with Gasteiger partial charge in [-0.3, -0.25) is 4.79 Å². The maximum absolute atomic E-state index is 11.6. The number of hydrogen-bond acceptors (Lipinski definition) is 39. The van der Waals surface area contributed by atoms with Crippen molar-refractivity contribution >= 4 is 336 Å². The molecule has 0 radical (unpaired) electrons. The minimum Gasteiger partial charge on any atom is -0.495 e. The lowest BCUT2D eigenvalue weighted by Gasteiger charge is -2.15. The van der Waals surface area contributed by atoms with Crippen LogP contribution in [0, 0.1) is 27.7 Å². The third-order valence-electron chi connectivity index (χ3n) is 22.2. The van der Waals surface area contributed by atoms with Crippen molar-refractivity contribution < 1.29 is 38.0 Å². The second kappa shape index (κ2) is 44.9. The summed E-state index contributed by atoms with van der Waals surface area (Å²) in [4.78, 5) is 70.5. The molecule has 1 amide bonds. The van der Waals surface area contributed by atoms with Gasteiger partial charge in [0.25, 0.3) is 0 Å². The number of hydrogen-bond donors (Lipinski definition) is 10. The van der Waals surface area contributed by atoms with E-state index in [0.29, 0.717) is 42.8 Å². The Morgan fingerprint density at radius 2 is 0.568 bits per heavy atom. The summed E-state index contributed by atoms with van der Waals surface area (Å²) < 4.78 is 51.4. The standard InChI is InChI=1S/C24H22N4O2S2.C19H18N4O2S2.C17H15N3OS2.2C16H13N3OS2.C15H13N5OS/c1-3-29-17-11-7-5-9-15(17)25-23-27-21-19(31-23)13-14-20-22(21)28-24(32-20)26-16-10-6-8-12-18(16)30-4-2;1-9(2)25-14-6-4-11(18(20)24)8-13(14)22-19-23-16-15(27-19)7-5-12-17(16)26-10(3)21-12;1-3-21-12-7-5-4-6-11(12)19-17-20-16-14(23-17)9-8-13-15(16)18-10(2)22-13;1-9-17-11-7-8-13-14(15(11)21-9)19-16(22-13)18-10-5-3-4-6-12(10)20-2;1-9-17-14-12(21-9)7-8-13-15(14)19-16(22-13)18-10-5-3-4-6-11(10)20-2;1-21-10-5-3-2-4-8(10)18-15-20-13-11(22-15)7-6-9-12(13)19-14(16)17-9/h5-14H,3-4H2,1-2H3,(H,25,27)(H,26,28);4-9H,1-3H3,(H2,20,24)(H,22,23);4-9H,3H2,1-2H3,(H,19,20);2*3-8H,1-2H3,(H,18,19);2-7H,1H3,(H,18,20)(H3,16,17,19). The Hall–Kier alpha value is -15.4. The van der Waals surface area contributed by atoms with Crippen LogP contribution in [0.2, 0.25) is 0 Å². The van der Waals surface area contributed by atoms with Crippen molar-refractivity contribution in [2.24, 2.45) is 5.73 Å². The van der Waals surface area contributed by atoms with Crippen molar-refractivity contribution in [1.29, 1.82) is 0 Å². The number of thiazole rings is 11. The molecule has 12 heterocycles. The minimum atomic E-state index is -0.486. The first kappa shape index (κ1) is 99.9. The van der Waals surface area contributed by atoms with Gasteiger partial charge in [-0.2, -0.15) is 0 Å². The van der Waals surface area contributed by atoms with Gasteiger partial charge in [0, 0.05) is 5.56 Å². The molecule has 12 N–H and O–H groups in total. The van der Waals surface area contributed by atoms with Crippen LogP contribution < -0.4 is 81.8 Å². The monoisotopic (exact) mass is 2170 g/mol. The van der Waals surface area contributed by atoms with Gasteiger partial charge in [0.05, 0.1) is 175 Å². The number of ether oxygens (including phenoxy) is 7. The minimum absolute atomic E-state index is 0.000128. The van der Waals surface area contributed by atoms with Gasteiger partial charge in [0.15, 0.2) is 41.9 Å². The van der Waals surface area contributed by atoms with E-state index in [1.165, 1.54) is 9.40 Å². The molecule has 30 nitrogen and oxygen atoms in total. The highest BCUT2D eigenvalue weighted by atomic mass is 32.1. The van der Waals surface area contributed by atoms with Crippen LogP contribution >= 0.6 is 125 Å². The zero-order chi connectivity index (χ0) is 102. The van der Waals surface area contributed by atoms with Gasteiger partial charge < -0.3 is 86.8 Å². The third-order valence-corrected chi connectivity index (χ3v) is 32.6. The summed E-state index contributed by atoms with van der Waals surface area (Å²) in [6.07, 6.45) is 0.000128. The van der Waals surface area contributed by atoms with Crippen LogP contribution in [0.15, 0.2) is 237 Å². The van der Waals surface area contributed by atoms with Crippen molar-refractivity contribution in [1.82, 2.24) is 64.8 Å². The Labute approximate surface area is 891 Å². The summed E-state index contributed by atoms with van der Waals surface area (Å²) >= 11 is 17.9. The van der Waals surface area contributed by atoms with E-state index in [2.05, 4.69) is 121 Å². The molecular weight excluding hydrogens is 2070 g/mol. The number of rotatable bonds is 26. The number of fused-ring (bicyclic) bond motifs is 18. The van der Waals surface area contributed by atoms with E-state index < -0.39 is 5.91 Å². The van der Waals surface area contributed by atoms with Crippen molar-refractivity contribution in [3.05, 3.63) is 262 Å². The molecule has 0 aliphatic rings. The third kappa shape index (κ3) is 22.4. The molecule has 0 saturated heterocycles. The van der Waals surface area contributed by atoms with E-state index in [9.17, 15) is 4.79 Å². The Kier molecular flexibility index (Phi) is 30.3. The predicted molar refractivity (Wildman–Crippen MR) is 622 cm³/mol. The molecule has 13 aromatic carbocycles. The summed E-state index contributed by atoms with van der Waals surface area (Å²) in [5, 5.41) is 33.4. The number of methoxy groups -OCH3 is 3. The van der Waals surface area contributed by atoms with E-state index in [-0.39, 0.29) is 6.10 Å². The van der Waals surface area contributed by atoms with Gasteiger partial charge in [0.2, 0.25) is 5.91 Å². The fraction of sp³-hybridized carbons (Fsp3) is 0.150. The number of nitrogens with zero attached hydrogens (tertiary/aromatic N) is 12. The van der Waals surface area contributed by atoms with Crippen molar-refractivity contribution in [2.45, 2.75) is 68.4 Å². The van der Waals surface area contributed by atoms with Crippen molar-refractivity contribution in [2.75, 3.05) is 84.1 Å². The van der Waals surface area contributed by atoms with Crippen LogP contribution in [0.3, 0.4) is 0 Å². The summed E-state index contributed by atoms with van der Waals surface area (Å²) in [6.45, 7) is 19.8. The van der Waals surface area contributed by atoms with E-state index >= 15 is 0 Å². The van der Waals surface area contributed by atoms with Crippen molar-refractivity contribution in [3.8, 4) is 40.2 Å². The number of carbonyl (C=O) groups excluding carboxylic acids is 1. The lowest BCUT2D eigenvalue weighted by Crippen LogP contribution is -2.12. The van der Waals surface area contributed by atoms with Crippen LogP contribution in [0.1, 0.15) is 65.0 Å².